The first-order valence-electron chi connectivity index (χ1n) is 14.8. The molecule has 218 valence electrons. The Balaban J connectivity index is -0.00000544. The Morgan fingerprint density at radius 1 is 0.444 bits per heavy atom. The highest BCUT2D eigenvalue weighted by atomic mass is 35.5. The summed E-state index contributed by atoms with van der Waals surface area (Å²) >= 11 is 0. The van der Waals surface area contributed by atoms with E-state index in [0.29, 0.717) is 24.7 Å². The maximum Gasteiger partial charge on any atom is 0.186 e. The van der Waals surface area contributed by atoms with Crippen LogP contribution in [0.25, 0.3) is 0 Å². The number of hydrogen-bond acceptors (Lipinski definition) is 2. The molecule has 0 atom stereocenters. The molecule has 0 heterocycles. The zero-order chi connectivity index (χ0) is 25.7. The highest BCUT2D eigenvalue weighted by molar-refractivity contribution is 5.79. The van der Waals surface area contributed by atoms with Crippen LogP contribution in [0.3, 0.4) is 0 Å². The Bertz CT molecular complexity index is 479. The van der Waals surface area contributed by atoms with Gasteiger partial charge < -0.3 is 33.8 Å². The predicted molar refractivity (Wildman–Crippen MR) is 148 cm³/mol. The Morgan fingerprint density at radius 3 is 0.972 bits per heavy atom. The summed E-state index contributed by atoms with van der Waals surface area (Å²) in [6, 6.07) is 0. The van der Waals surface area contributed by atoms with Crippen LogP contribution in [-0.2, 0) is 9.59 Å². The highest BCUT2D eigenvalue weighted by Crippen LogP contribution is 2.12. The number of unbranched alkanes of at least 4 members (excludes halogenated alkanes) is 14. The summed E-state index contributed by atoms with van der Waals surface area (Å²) in [5.74, 6) is 0.791. The van der Waals surface area contributed by atoms with Crippen LogP contribution in [0.2, 0.25) is 0 Å². The Morgan fingerprint density at radius 2 is 0.694 bits per heavy atom. The molecule has 0 N–H and O–H groups in total. The zero-order valence-corrected chi connectivity index (χ0v) is 26.5. The molecule has 6 heteroatoms. The molecule has 0 aromatic carbocycles. The van der Waals surface area contributed by atoms with Gasteiger partial charge in [0, 0.05) is 12.8 Å². The number of carbonyl (C=O) groups excluding carboxylic acids is 2. The average Bonchev–Trinajstić information content (AvgIpc) is 2.75. The molecule has 0 aliphatic rings. The SMILES string of the molecule is CCCCCCCCCCC(=O)C[N+](C)(C)CC[N+](C)(C)CC(=O)CCCCCCCCCC.[Cl-].[Cl-]. The second-order valence-corrected chi connectivity index (χ2v) is 12.2. The Hall–Kier alpha value is -0.160. The van der Waals surface area contributed by atoms with Crippen molar-refractivity contribution in [1.29, 1.82) is 0 Å². The van der Waals surface area contributed by atoms with Crippen molar-refractivity contribution in [3.8, 4) is 0 Å². The quantitative estimate of drug-likeness (QED) is 0.126. The fraction of sp³-hybridized carbons (Fsp3) is 0.933. The zero-order valence-electron chi connectivity index (χ0n) is 25.0. The van der Waals surface area contributed by atoms with Crippen molar-refractivity contribution in [2.24, 2.45) is 0 Å². The van der Waals surface area contributed by atoms with E-state index in [1.54, 1.807) is 0 Å². The summed E-state index contributed by atoms with van der Waals surface area (Å²) in [4.78, 5) is 25.0. The highest BCUT2D eigenvalue weighted by Gasteiger charge is 2.26. The van der Waals surface area contributed by atoms with E-state index >= 15 is 0 Å². The minimum atomic E-state index is 0. The first-order valence-corrected chi connectivity index (χ1v) is 14.8. The van der Waals surface area contributed by atoms with Crippen molar-refractivity contribution in [2.45, 2.75) is 129 Å². The number of carbonyl (C=O) groups is 2. The summed E-state index contributed by atoms with van der Waals surface area (Å²) < 4.78 is 1.45. The number of rotatable bonds is 25. The molecular formula is C30H62Cl2N2O2. The molecule has 0 radical (unpaired) electrons. The van der Waals surface area contributed by atoms with E-state index in [0.717, 1.165) is 47.7 Å². The number of ketones is 2. The monoisotopic (exact) mass is 552 g/mol. The topological polar surface area (TPSA) is 34.1 Å². The van der Waals surface area contributed by atoms with Gasteiger partial charge in [0.15, 0.2) is 11.6 Å². The van der Waals surface area contributed by atoms with E-state index < -0.39 is 0 Å². The summed E-state index contributed by atoms with van der Waals surface area (Å²) in [6.45, 7) is 7.60. The molecule has 0 aliphatic carbocycles. The lowest BCUT2D eigenvalue weighted by Gasteiger charge is -2.35. The molecule has 0 bridgehead atoms. The van der Waals surface area contributed by atoms with Crippen LogP contribution >= 0.6 is 0 Å². The van der Waals surface area contributed by atoms with E-state index in [1.165, 1.54) is 89.9 Å². The molecule has 0 aliphatic heterocycles. The third-order valence-corrected chi connectivity index (χ3v) is 7.14. The fourth-order valence-corrected chi connectivity index (χ4v) is 4.72. The van der Waals surface area contributed by atoms with Gasteiger partial charge in [0.2, 0.25) is 0 Å². The summed E-state index contributed by atoms with van der Waals surface area (Å²) in [7, 11) is 8.64. The van der Waals surface area contributed by atoms with Gasteiger partial charge in [0.05, 0.1) is 28.2 Å². The molecule has 0 aromatic heterocycles. The van der Waals surface area contributed by atoms with E-state index in [4.69, 9.17) is 0 Å². The van der Waals surface area contributed by atoms with E-state index in [9.17, 15) is 9.59 Å². The van der Waals surface area contributed by atoms with Crippen LogP contribution in [-0.4, -0.2) is 74.9 Å². The van der Waals surface area contributed by atoms with Gasteiger partial charge in [-0.05, 0) is 12.8 Å². The molecule has 4 nitrogen and oxygen atoms in total. The van der Waals surface area contributed by atoms with E-state index in [2.05, 4.69) is 42.0 Å². The van der Waals surface area contributed by atoms with E-state index in [-0.39, 0.29) is 24.8 Å². The van der Waals surface area contributed by atoms with Crippen molar-refractivity contribution in [3.05, 3.63) is 0 Å². The second-order valence-electron chi connectivity index (χ2n) is 12.2. The van der Waals surface area contributed by atoms with E-state index in [1.807, 2.05) is 0 Å². The lowest BCUT2D eigenvalue weighted by molar-refractivity contribution is -0.938. The lowest BCUT2D eigenvalue weighted by Crippen LogP contribution is -3.00. The van der Waals surface area contributed by atoms with Gasteiger partial charge in [0.1, 0.15) is 26.2 Å². The minimum Gasteiger partial charge on any atom is -1.00 e. The van der Waals surface area contributed by atoms with Gasteiger partial charge >= 0.3 is 0 Å². The van der Waals surface area contributed by atoms with Crippen LogP contribution in [0.15, 0.2) is 0 Å². The Kier molecular flexibility index (Phi) is 28.2. The van der Waals surface area contributed by atoms with Crippen LogP contribution in [0, 0.1) is 0 Å². The molecule has 0 unspecified atom stereocenters. The van der Waals surface area contributed by atoms with Crippen molar-refractivity contribution >= 4 is 11.6 Å². The van der Waals surface area contributed by atoms with Crippen LogP contribution in [0.5, 0.6) is 0 Å². The molecule has 0 spiro atoms. The molecule has 0 saturated heterocycles. The average molecular weight is 554 g/mol. The van der Waals surface area contributed by atoms with Crippen LogP contribution in [0.4, 0.5) is 0 Å². The molecule has 36 heavy (non-hydrogen) atoms. The minimum absolute atomic E-state index is 0. The maximum atomic E-state index is 12.5. The van der Waals surface area contributed by atoms with Gasteiger partial charge in [-0.25, -0.2) is 0 Å². The first kappa shape index (κ1) is 40.3. The van der Waals surface area contributed by atoms with Gasteiger partial charge in [-0.2, -0.15) is 0 Å². The van der Waals surface area contributed by atoms with Gasteiger partial charge in [-0.15, -0.1) is 0 Å². The van der Waals surface area contributed by atoms with Crippen molar-refractivity contribution in [3.63, 3.8) is 0 Å². The standard InChI is InChI=1S/C30H62N2O2.2ClH/c1-7-9-11-13-15-17-19-21-23-29(33)27-31(3,4)25-26-32(5,6)28-30(34)24-22-20-18-16-14-12-10-8-2;;/h7-28H2,1-6H3;2*1H/q+2;;/p-2. The van der Waals surface area contributed by atoms with Gasteiger partial charge in [-0.1, -0.05) is 104 Å². The van der Waals surface area contributed by atoms with Gasteiger partial charge in [-0.3, -0.25) is 9.59 Å². The third-order valence-electron chi connectivity index (χ3n) is 7.14. The Labute approximate surface area is 238 Å². The first-order chi connectivity index (χ1) is 16.1. The fourth-order valence-electron chi connectivity index (χ4n) is 4.72. The summed E-state index contributed by atoms with van der Waals surface area (Å²) in [5.41, 5.74) is 0. The van der Waals surface area contributed by atoms with Crippen LogP contribution in [0.1, 0.15) is 129 Å². The lowest BCUT2D eigenvalue weighted by atomic mass is 10.1. The molecule has 0 fully saturated rings. The number of likely N-dealkylation sites (N-methyl/N-ethyl adjacent to an activating group) is 2. The number of quaternary nitrogens is 2. The van der Waals surface area contributed by atoms with Crippen molar-refractivity contribution in [1.82, 2.24) is 0 Å². The third kappa shape index (κ3) is 26.9. The number of Topliss-reactive ketones (excluding diaryl/α,β-unsaturated/α-hetero) is 2. The predicted octanol–water partition coefficient (Wildman–Crippen LogP) is 1.35. The summed E-state index contributed by atoms with van der Waals surface area (Å²) in [5, 5.41) is 0. The molecule has 0 amide bonds. The number of hydrogen-bond donors (Lipinski definition) is 0. The summed E-state index contributed by atoms with van der Waals surface area (Å²) in [6.07, 6.45) is 21.8. The van der Waals surface area contributed by atoms with Gasteiger partial charge in [0.25, 0.3) is 0 Å². The number of halogens is 2. The largest absolute Gasteiger partial charge is 1.00 e. The molecule has 0 rings (SSSR count). The molecular weight excluding hydrogens is 491 g/mol. The second kappa shape index (κ2) is 25.1. The maximum absolute atomic E-state index is 12.5. The normalized spacial score (nSPS) is 11.6. The van der Waals surface area contributed by atoms with Crippen LogP contribution < -0.4 is 24.8 Å². The molecule has 0 aromatic rings. The van der Waals surface area contributed by atoms with Crippen molar-refractivity contribution in [2.75, 3.05) is 54.4 Å². The number of nitrogens with zero attached hydrogens (tertiary/aromatic N) is 2. The smallest absolute Gasteiger partial charge is 0.186 e. The van der Waals surface area contributed by atoms with Crippen molar-refractivity contribution < 1.29 is 43.4 Å². The molecule has 0 saturated carbocycles.